The van der Waals surface area contributed by atoms with E-state index in [0.29, 0.717) is 32.8 Å². The zero-order valence-electron chi connectivity index (χ0n) is 26.0. The van der Waals surface area contributed by atoms with Crippen molar-refractivity contribution in [1.29, 1.82) is 0 Å². The maximum Gasteiger partial charge on any atom is 0.335 e. The zero-order chi connectivity index (χ0) is 30.7. The highest BCUT2D eigenvalue weighted by Crippen LogP contribution is 2.36. The van der Waals surface area contributed by atoms with Gasteiger partial charge in [0.1, 0.15) is 18.5 Å². The molecule has 0 amide bonds. The van der Waals surface area contributed by atoms with Gasteiger partial charge in [0.25, 0.3) is 0 Å². The lowest BCUT2D eigenvalue weighted by atomic mass is 9.93. The number of benzene rings is 4. The topological polar surface area (TPSA) is 54.0 Å². The smallest absolute Gasteiger partial charge is 0.335 e. The summed E-state index contributed by atoms with van der Waals surface area (Å²) in [5.74, 6) is 0.422. The Balaban J connectivity index is 1.24. The number of hydrogen-bond donors (Lipinski definition) is 0. The number of rotatable bonds is 14. The second kappa shape index (κ2) is 15.5. The lowest BCUT2D eigenvalue weighted by molar-refractivity contribution is -0.156. The predicted molar refractivity (Wildman–Crippen MR) is 176 cm³/mol. The second-order valence-corrected chi connectivity index (χ2v) is 11.1. The number of fused-ring (bicyclic) bond motifs is 2. The minimum absolute atomic E-state index is 0.198. The summed E-state index contributed by atoms with van der Waals surface area (Å²) in [4.78, 5) is 12.2. The van der Waals surface area contributed by atoms with Crippen molar-refractivity contribution < 1.29 is 23.7 Å². The van der Waals surface area contributed by atoms with Gasteiger partial charge in [0.15, 0.2) is 6.10 Å². The molecule has 0 heterocycles. The molecule has 2 unspecified atom stereocenters. The van der Waals surface area contributed by atoms with Crippen LogP contribution in [0.2, 0.25) is 0 Å². The Morgan fingerprint density at radius 1 is 0.727 bits per heavy atom. The van der Waals surface area contributed by atoms with Gasteiger partial charge in [0, 0.05) is 13.0 Å². The molecule has 0 aromatic heterocycles. The third-order valence-electron chi connectivity index (χ3n) is 7.84. The third kappa shape index (κ3) is 8.25. The summed E-state index contributed by atoms with van der Waals surface area (Å²) in [6.07, 6.45) is 6.02. The molecule has 0 saturated carbocycles. The second-order valence-electron chi connectivity index (χ2n) is 11.1. The van der Waals surface area contributed by atoms with Crippen molar-refractivity contribution in [2.75, 3.05) is 26.4 Å². The van der Waals surface area contributed by atoms with Gasteiger partial charge in [-0.3, -0.25) is 0 Å². The maximum absolute atomic E-state index is 12.2. The van der Waals surface area contributed by atoms with E-state index in [1.165, 1.54) is 38.9 Å². The molecule has 0 N–H and O–H groups in total. The van der Waals surface area contributed by atoms with E-state index in [-0.39, 0.29) is 12.1 Å². The molecule has 1 aliphatic carbocycles. The molecule has 0 bridgehead atoms. The van der Waals surface area contributed by atoms with E-state index < -0.39 is 6.10 Å². The average molecular weight is 591 g/mol. The van der Waals surface area contributed by atoms with Crippen molar-refractivity contribution in [3.63, 3.8) is 0 Å². The lowest BCUT2D eigenvalue weighted by Crippen LogP contribution is -2.28. The highest BCUT2D eigenvalue weighted by Gasteiger charge is 2.23. The summed E-state index contributed by atoms with van der Waals surface area (Å²) in [6.45, 7) is 7.43. The number of carbonyl (C=O) groups excluding carboxylic acids is 1. The molecular formula is C39H42O5. The molecule has 5 rings (SSSR count). The van der Waals surface area contributed by atoms with Crippen molar-refractivity contribution in [1.82, 2.24) is 0 Å². The van der Waals surface area contributed by atoms with E-state index in [1.807, 2.05) is 31.2 Å². The first-order valence-corrected chi connectivity index (χ1v) is 15.6. The normalized spacial score (nSPS) is 14.3. The zero-order valence-corrected chi connectivity index (χ0v) is 26.0. The molecule has 1 aliphatic rings. The van der Waals surface area contributed by atoms with Crippen molar-refractivity contribution in [3.05, 3.63) is 136 Å². The van der Waals surface area contributed by atoms with Crippen molar-refractivity contribution >= 4 is 18.1 Å². The molecule has 0 saturated heterocycles. The van der Waals surface area contributed by atoms with Gasteiger partial charge >= 0.3 is 5.97 Å². The monoisotopic (exact) mass is 590 g/mol. The molecule has 2 atom stereocenters. The number of carbonyl (C=O) groups is 1. The molecule has 0 radical (unpaired) electrons. The van der Waals surface area contributed by atoms with Crippen molar-refractivity contribution in [2.45, 2.75) is 52.2 Å². The summed E-state index contributed by atoms with van der Waals surface area (Å²) >= 11 is 0. The molecule has 5 nitrogen and oxygen atoms in total. The fourth-order valence-corrected chi connectivity index (χ4v) is 5.60. The molecule has 0 aliphatic heterocycles. The Morgan fingerprint density at radius 2 is 1.48 bits per heavy atom. The third-order valence-corrected chi connectivity index (χ3v) is 7.84. The SMILES string of the molecule is CCOC(=O)C(Cc1ccc(OCCOC2c3ccc(C)cc3C=Cc3ccc(CCc4ccccc4)cc32)cc1)OCC. The van der Waals surface area contributed by atoms with Crippen LogP contribution in [0.25, 0.3) is 12.2 Å². The Bertz CT molecular complexity index is 1540. The van der Waals surface area contributed by atoms with Crippen LogP contribution in [0, 0.1) is 6.92 Å². The van der Waals surface area contributed by atoms with Gasteiger partial charge in [0.2, 0.25) is 0 Å². The van der Waals surface area contributed by atoms with Crippen LogP contribution in [-0.4, -0.2) is 38.5 Å². The Labute approximate surface area is 261 Å². The van der Waals surface area contributed by atoms with Gasteiger partial charge in [-0.15, -0.1) is 0 Å². The fourth-order valence-electron chi connectivity index (χ4n) is 5.60. The van der Waals surface area contributed by atoms with Gasteiger partial charge in [0.05, 0.1) is 13.2 Å². The molecule has 228 valence electrons. The van der Waals surface area contributed by atoms with Gasteiger partial charge in [-0.05, 0) is 84.7 Å². The summed E-state index contributed by atoms with van der Waals surface area (Å²) < 4.78 is 23.4. The average Bonchev–Trinajstić information content (AvgIpc) is 3.19. The van der Waals surface area contributed by atoms with E-state index in [1.54, 1.807) is 6.92 Å². The number of esters is 1. The Morgan fingerprint density at radius 3 is 2.25 bits per heavy atom. The van der Waals surface area contributed by atoms with Crippen LogP contribution in [-0.2, 0) is 38.3 Å². The minimum Gasteiger partial charge on any atom is -0.491 e. The van der Waals surface area contributed by atoms with Gasteiger partial charge in [-0.1, -0.05) is 96.6 Å². The summed E-state index contributed by atoms with van der Waals surface area (Å²) in [5.41, 5.74) is 9.56. The maximum atomic E-state index is 12.2. The van der Waals surface area contributed by atoms with Crippen LogP contribution >= 0.6 is 0 Å². The molecule has 4 aromatic carbocycles. The predicted octanol–water partition coefficient (Wildman–Crippen LogP) is 7.96. The lowest BCUT2D eigenvalue weighted by Gasteiger charge is -2.22. The molecule has 4 aromatic rings. The highest BCUT2D eigenvalue weighted by molar-refractivity contribution is 5.77. The minimum atomic E-state index is -0.609. The molecule has 5 heteroatoms. The number of aryl methyl sites for hydroxylation is 3. The van der Waals surface area contributed by atoms with E-state index in [2.05, 4.69) is 85.8 Å². The van der Waals surface area contributed by atoms with Crippen LogP contribution < -0.4 is 4.74 Å². The molecule has 0 spiro atoms. The number of ether oxygens (including phenoxy) is 4. The first kappa shape index (κ1) is 31.2. The molecule has 0 fully saturated rings. The van der Waals surface area contributed by atoms with Crippen molar-refractivity contribution in [3.8, 4) is 5.75 Å². The highest BCUT2D eigenvalue weighted by atomic mass is 16.6. The van der Waals surface area contributed by atoms with Crippen LogP contribution in [0.1, 0.15) is 64.5 Å². The van der Waals surface area contributed by atoms with Gasteiger partial charge in [-0.2, -0.15) is 0 Å². The first-order chi connectivity index (χ1) is 21.5. The van der Waals surface area contributed by atoms with E-state index in [0.717, 1.165) is 24.2 Å². The Hall–Kier alpha value is -4.19. The summed E-state index contributed by atoms with van der Waals surface area (Å²) in [5, 5.41) is 0. The van der Waals surface area contributed by atoms with Crippen LogP contribution in [0.5, 0.6) is 5.75 Å². The van der Waals surface area contributed by atoms with Gasteiger partial charge < -0.3 is 18.9 Å². The quantitative estimate of drug-likeness (QED) is 0.110. The molecular weight excluding hydrogens is 548 g/mol. The van der Waals surface area contributed by atoms with Crippen molar-refractivity contribution in [2.24, 2.45) is 0 Å². The largest absolute Gasteiger partial charge is 0.491 e. The van der Waals surface area contributed by atoms with E-state index in [9.17, 15) is 4.79 Å². The van der Waals surface area contributed by atoms with E-state index >= 15 is 0 Å². The first-order valence-electron chi connectivity index (χ1n) is 15.6. The molecule has 44 heavy (non-hydrogen) atoms. The van der Waals surface area contributed by atoms with Crippen LogP contribution in [0.3, 0.4) is 0 Å². The van der Waals surface area contributed by atoms with E-state index in [4.69, 9.17) is 18.9 Å². The standard InChI is InChI=1S/C39H42O5/c1-4-41-37(39(40)42-5-2)27-31-15-20-34(21-16-31)43-23-24-44-38-35-22-11-28(3)25-33(35)19-18-32-17-14-30(26-36(32)38)13-12-29-9-7-6-8-10-29/h6-11,14-22,25-26,37-38H,4-5,12-13,23-24,27H2,1-3H3. The van der Waals surface area contributed by atoms with Crippen LogP contribution in [0.15, 0.2) is 91.0 Å². The number of hydrogen-bond acceptors (Lipinski definition) is 5. The summed E-state index contributed by atoms with van der Waals surface area (Å²) in [6, 6.07) is 31.7. The van der Waals surface area contributed by atoms with Crippen LogP contribution in [0.4, 0.5) is 0 Å². The fraction of sp³-hybridized carbons (Fsp3) is 0.308. The van der Waals surface area contributed by atoms with Gasteiger partial charge in [-0.25, -0.2) is 4.79 Å². The summed E-state index contributed by atoms with van der Waals surface area (Å²) in [7, 11) is 0. The Kier molecular flexibility index (Phi) is 11.0.